The maximum Gasteiger partial charge on any atom is 0.147 e. The molecule has 90 valence electrons. The number of hydrogen-bond donors (Lipinski definition) is 2. The van der Waals surface area contributed by atoms with E-state index in [1.165, 1.54) is 0 Å². The van der Waals surface area contributed by atoms with Crippen molar-refractivity contribution in [3.63, 3.8) is 0 Å². The van der Waals surface area contributed by atoms with Crippen LogP contribution < -0.4 is 10.6 Å². The van der Waals surface area contributed by atoms with Gasteiger partial charge in [-0.15, -0.1) is 0 Å². The van der Waals surface area contributed by atoms with Crippen LogP contribution in [0.25, 0.3) is 0 Å². The highest BCUT2D eigenvalue weighted by Crippen LogP contribution is 2.07. The van der Waals surface area contributed by atoms with Crippen molar-refractivity contribution < 1.29 is 0 Å². The van der Waals surface area contributed by atoms with Crippen molar-refractivity contribution in [3.8, 4) is 0 Å². The molecule has 1 unspecified atom stereocenters. The highest BCUT2D eigenvalue weighted by molar-refractivity contribution is 5.41. The first-order chi connectivity index (χ1) is 8.28. The predicted octanol–water partition coefficient (Wildman–Crippen LogP) is 1.22. The van der Waals surface area contributed by atoms with Crippen LogP contribution >= 0.6 is 0 Å². The van der Waals surface area contributed by atoms with Crippen molar-refractivity contribution in [2.24, 2.45) is 0 Å². The van der Waals surface area contributed by atoms with Crippen molar-refractivity contribution >= 4 is 11.6 Å². The Bertz CT molecular complexity index is 453. The van der Waals surface area contributed by atoms with Crippen LogP contribution in [0.4, 0.5) is 11.6 Å². The summed E-state index contributed by atoms with van der Waals surface area (Å²) in [5.74, 6) is 1.52. The fourth-order valence-electron chi connectivity index (χ4n) is 1.57. The molecule has 2 aromatic heterocycles. The molecule has 0 fully saturated rings. The Balaban J connectivity index is 1.95. The molecule has 0 aliphatic rings. The first-order valence-corrected chi connectivity index (χ1v) is 5.50. The van der Waals surface area contributed by atoms with Crippen LogP contribution in [-0.4, -0.2) is 32.6 Å². The zero-order chi connectivity index (χ0) is 12.1. The van der Waals surface area contributed by atoms with E-state index in [2.05, 4.69) is 32.5 Å². The Labute approximate surface area is 100 Å². The summed E-state index contributed by atoms with van der Waals surface area (Å²) < 4.78 is 2.02. The summed E-state index contributed by atoms with van der Waals surface area (Å²) in [5, 5.41) is 6.25. The first kappa shape index (κ1) is 11.4. The molecule has 0 saturated heterocycles. The maximum absolute atomic E-state index is 4.35. The SMILES string of the molecule is CNc1cncc(NC(C)Cn2ccnc2)n1. The van der Waals surface area contributed by atoms with Gasteiger partial charge < -0.3 is 15.2 Å². The summed E-state index contributed by atoms with van der Waals surface area (Å²) in [7, 11) is 1.82. The summed E-state index contributed by atoms with van der Waals surface area (Å²) >= 11 is 0. The monoisotopic (exact) mass is 232 g/mol. The molecule has 6 nitrogen and oxygen atoms in total. The Hall–Kier alpha value is -2.11. The molecule has 0 aliphatic carbocycles. The zero-order valence-corrected chi connectivity index (χ0v) is 9.96. The Kier molecular flexibility index (Phi) is 3.54. The van der Waals surface area contributed by atoms with Gasteiger partial charge in [-0.25, -0.2) is 9.97 Å². The predicted molar refractivity (Wildman–Crippen MR) is 66.9 cm³/mol. The van der Waals surface area contributed by atoms with Crippen molar-refractivity contribution in [2.45, 2.75) is 19.5 Å². The standard InChI is InChI=1S/C11H16N6/c1-9(7-17-4-3-13-8-17)15-11-6-14-5-10(12-2)16-11/h3-6,8-9H,7H2,1-2H3,(H2,12,15,16). The molecule has 0 aromatic carbocycles. The van der Waals surface area contributed by atoms with Crippen LogP contribution in [0.5, 0.6) is 0 Å². The van der Waals surface area contributed by atoms with Gasteiger partial charge in [-0.05, 0) is 6.92 Å². The van der Waals surface area contributed by atoms with Crippen LogP contribution in [0.15, 0.2) is 31.1 Å². The van der Waals surface area contributed by atoms with E-state index in [1.54, 1.807) is 24.9 Å². The topological polar surface area (TPSA) is 67.7 Å². The van der Waals surface area contributed by atoms with Crippen molar-refractivity contribution in [2.75, 3.05) is 17.7 Å². The van der Waals surface area contributed by atoms with Gasteiger partial charge >= 0.3 is 0 Å². The van der Waals surface area contributed by atoms with Gasteiger partial charge in [0, 0.05) is 32.0 Å². The van der Waals surface area contributed by atoms with Gasteiger partial charge in [0.15, 0.2) is 0 Å². The minimum absolute atomic E-state index is 0.255. The van der Waals surface area contributed by atoms with Gasteiger partial charge in [-0.2, -0.15) is 0 Å². The maximum atomic E-state index is 4.35. The van der Waals surface area contributed by atoms with Gasteiger partial charge in [0.25, 0.3) is 0 Å². The van der Waals surface area contributed by atoms with Gasteiger partial charge in [0.2, 0.25) is 0 Å². The van der Waals surface area contributed by atoms with Crippen LogP contribution in [-0.2, 0) is 6.54 Å². The largest absolute Gasteiger partial charge is 0.372 e. The number of rotatable bonds is 5. The number of imidazole rings is 1. The van der Waals surface area contributed by atoms with E-state index in [9.17, 15) is 0 Å². The highest BCUT2D eigenvalue weighted by Gasteiger charge is 2.04. The summed E-state index contributed by atoms with van der Waals surface area (Å²) in [6.45, 7) is 2.93. The summed E-state index contributed by atoms with van der Waals surface area (Å²) in [5.41, 5.74) is 0. The number of anilines is 2. The van der Waals surface area contributed by atoms with E-state index in [0.717, 1.165) is 18.2 Å². The van der Waals surface area contributed by atoms with Gasteiger partial charge in [0.05, 0.1) is 18.7 Å². The molecule has 2 heterocycles. The minimum atomic E-state index is 0.255. The van der Waals surface area contributed by atoms with Crippen LogP contribution in [0.3, 0.4) is 0 Å². The number of nitrogens with zero attached hydrogens (tertiary/aromatic N) is 4. The molecule has 2 aromatic rings. The Morgan fingerprint density at radius 2 is 2.12 bits per heavy atom. The van der Waals surface area contributed by atoms with Crippen molar-refractivity contribution in [1.29, 1.82) is 0 Å². The second-order valence-electron chi connectivity index (χ2n) is 3.84. The average Bonchev–Trinajstić information content (AvgIpc) is 2.82. The lowest BCUT2D eigenvalue weighted by atomic mass is 10.3. The summed E-state index contributed by atoms with van der Waals surface area (Å²) in [4.78, 5) is 12.5. The molecule has 0 aliphatic heterocycles. The molecule has 0 amide bonds. The number of nitrogens with one attached hydrogen (secondary N) is 2. The molecule has 0 radical (unpaired) electrons. The smallest absolute Gasteiger partial charge is 0.147 e. The number of aromatic nitrogens is 4. The van der Waals surface area contributed by atoms with E-state index in [4.69, 9.17) is 0 Å². The van der Waals surface area contributed by atoms with E-state index in [1.807, 2.05) is 17.8 Å². The quantitative estimate of drug-likeness (QED) is 0.811. The third-order valence-corrected chi connectivity index (χ3v) is 2.33. The van der Waals surface area contributed by atoms with E-state index < -0.39 is 0 Å². The van der Waals surface area contributed by atoms with Gasteiger partial charge in [0.1, 0.15) is 11.6 Å². The molecule has 1 atom stereocenters. The average molecular weight is 232 g/mol. The molecule has 0 spiro atoms. The third kappa shape index (κ3) is 3.17. The van der Waals surface area contributed by atoms with E-state index >= 15 is 0 Å². The van der Waals surface area contributed by atoms with Crippen LogP contribution in [0, 0.1) is 0 Å². The fourth-order valence-corrected chi connectivity index (χ4v) is 1.57. The number of hydrogen-bond acceptors (Lipinski definition) is 5. The van der Waals surface area contributed by atoms with Gasteiger partial charge in [-0.1, -0.05) is 0 Å². The lowest BCUT2D eigenvalue weighted by Crippen LogP contribution is -2.22. The molecule has 2 N–H and O–H groups in total. The molecule has 6 heteroatoms. The normalized spacial score (nSPS) is 12.1. The van der Waals surface area contributed by atoms with E-state index in [0.29, 0.717) is 0 Å². The molecule has 2 rings (SSSR count). The fraction of sp³-hybridized carbons (Fsp3) is 0.364. The summed E-state index contributed by atoms with van der Waals surface area (Å²) in [6.07, 6.45) is 8.91. The first-order valence-electron chi connectivity index (χ1n) is 5.50. The molecular weight excluding hydrogens is 216 g/mol. The molecule has 0 saturated carbocycles. The summed E-state index contributed by atoms with van der Waals surface area (Å²) in [6, 6.07) is 0.255. The second kappa shape index (κ2) is 5.29. The van der Waals surface area contributed by atoms with Crippen molar-refractivity contribution in [3.05, 3.63) is 31.1 Å². The highest BCUT2D eigenvalue weighted by atomic mass is 15.1. The Morgan fingerprint density at radius 3 is 2.82 bits per heavy atom. The zero-order valence-electron chi connectivity index (χ0n) is 9.96. The lowest BCUT2D eigenvalue weighted by Gasteiger charge is -2.15. The lowest BCUT2D eigenvalue weighted by molar-refractivity contribution is 0.617. The van der Waals surface area contributed by atoms with Gasteiger partial charge in [-0.3, -0.25) is 4.98 Å². The third-order valence-electron chi connectivity index (χ3n) is 2.33. The Morgan fingerprint density at radius 1 is 1.29 bits per heavy atom. The molecule has 17 heavy (non-hydrogen) atoms. The van der Waals surface area contributed by atoms with Crippen molar-refractivity contribution in [1.82, 2.24) is 19.5 Å². The van der Waals surface area contributed by atoms with Crippen LogP contribution in [0.1, 0.15) is 6.92 Å². The van der Waals surface area contributed by atoms with E-state index in [-0.39, 0.29) is 6.04 Å². The molecular formula is C11H16N6. The minimum Gasteiger partial charge on any atom is -0.372 e. The van der Waals surface area contributed by atoms with Crippen LogP contribution in [0.2, 0.25) is 0 Å². The molecule has 0 bridgehead atoms. The second-order valence-corrected chi connectivity index (χ2v) is 3.84.